The normalized spacial score (nSPS) is 11.1. The highest BCUT2D eigenvalue weighted by molar-refractivity contribution is 7.90. The number of furan rings is 1. The maximum absolute atomic E-state index is 12.7. The Morgan fingerprint density at radius 1 is 1.00 bits per heavy atom. The summed E-state index contributed by atoms with van der Waals surface area (Å²) in [5.74, 6) is -0.454. The van der Waals surface area contributed by atoms with Crippen molar-refractivity contribution in [3.8, 4) is 0 Å². The van der Waals surface area contributed by atoms with Gasteiger partial charge in [-0.3, -0.25) is 9.59 Å². The first-order valence-corrected chi connectivity index (χ1v) is 10.7. The lowest BCUT2D eigenvalue weighted by Crippen LogP contribution is -2.24. The summed E-state index contributed by atoms with van der Waals surface area (Å²) in [6.07, 6.45) is 2.54. The monoisotopic (exact) mass is 432 g/mol. The molecule has 0 saturated carbocycles. The van der Waals surface area contributed by atoms with E-state index in [2.05, 4.69) is 10.6 Å². The van der Waals surface area contributed by atoms with E-state index in [-0.39, 0.29) is 33.3 Å². The predicted molar refractivity (Wildman–Crippen MR) is 109 cm³/mol. The van der Waals surface area contributed by atoms with E-state index >= 15 is 0 Å². The second-order valence-corrected chi connectivity index (χ2v) is 8.60. The molecule has 0 unspecified atom stereocenters. The van der Waals surface area contributed by atoms with Crippen molar-refractivity contribution >= 4 is 38.9 Å². The molecule has 0 radical (unpaired) electrons. The van der Waals surface area contributed by atoms with E-state index in [1.165, 1.54) is 24.5 Å². The number of rotatable bonds is 6. The summed E-state index contributed by atoms with van der Waals surface area (Å²) < 4.78 is 28.7. The van der Waals surface area contributed by atoms with Crippen molar-refractivity contribution in [3.05, 3.63) is 82.8 Å². The van der Waals surface area contributed by atoms with Gasteiger partial charge in [-0.15, -0.1) is 0 Å². The minimum Gasteiger partial charge on any atom is -0.467 e. The molecular weight excluding hydrogens is 416 g/mol. The number of halogens is 1. The molecule has 2 N–H and O–H groups in total. The molecule has 0 spiro atoms. The Kier molecular flexibility index (Phi) is 6.05. The molecule has 7 nitrogen and oxygen atoms in total. The summed E-state index contributed by atoms with van der Waals surface area (Å²) in [5.41, 5.74) is 0.485. The molecule has 29 heavy (non-hydrogen) atoms. The number of nitrogens with one attached hydrogen (secondary N) is 2. The minimum absolute atomic E-state index is 0.0135. The zero-order valence-corrected chi connectivity index (χ0v) is 16.9. The van der Waals surface area contributed by atoms with Crippen LogP contribution >= 0.6 is 11.6 Å². The van der Waals surface area contributed by atoms with Crippen LogP contribution < -0.4 is 10.6 Å². The number of carbonyl (C=O) groups is 2. The molecule has 0 aliphatic carbocycles. The molecule has 0 atom stereocenters. The third kappa shape index (κ3) is 5.04. The number of hydrogen-bond acceptors (Lipinski definition) is 5. The van der Waals surface area contributed by atoms with Gasteiger partial charge in [0.2, 0.25) is 0 Å². The third-order valence-corrected chi connectivity index (χ3v) is 5.47. The fraction of sp³-hybridized carbons (Fsp3) is 0.100. The molecule has 0 aliphatic rings. The maximum Gasteiger partial charge on any atom is 0.257 e. The molecule has 1 heterocycles. The van der Waals surface area contributed by atoms with Crippen LogP contribution in [0.25, 0.3) is 0 Å². The van der Waals surface area contributed by atoms with Gasteiger partial charge in [0.05, 0.1) is 39.5 Å². The number of carbonyl (C=O) groups excluding carboxylic acids is 2. The summed E-state index contributed by atoms with van der Waals surface area (Å²) in [6, 6.07) is 13.7. The van der Waals surface area contributed by atoms with E-state index in [4.69, 9.17) is 16.0 Å². The SMILES string of the molecule is CS(=O)(=O)c1ccc(Cl)c(C(=O)Nc2ccccc2C(=O)NCc2ccco2)c1. The summed E-state index contributed by atoms with van der Waals surface area (Å²) >= 11 is 6.07. The van der Waals surface area contributed by atoms with Crippen molar-refractivity contribution in [2.24, 2.45) is 0 Å². The topological polar surface area (TPSA) is 105 Å². The van der Waals surface area contributed by atoms with Crippen LogP contribution in [0.5, 0.6) is 0 Å². The molecule has 3 aromatic rings. The van der Waals surface area contributed by atoms with Crippen LogP contribution in [0, 0.1) is 0 Å². The van der Waals surface area contributed by atoms with Crippen molar-refractivity contribution in [2.75, 3.05) is 11.6 Å². The number of hydrogen-bond donors (Lipinski definition) is 2. The Balaban J connectivity index is 1.82. The molecule has 9 heteroatoms. The average molecular weight is 433 g/mol. The summed E-state index contributed by atoms with van der Waals surface area (Å²) in [5, 5.41) is 5.42. The highest BCUT2D eigenvalue weighted by Crippen LogP contribution is 2.23. The molecule has 0 saturated heterocycles. The van der Waals surface area contributed by atoms with Crippen LogP contribution in [-0.4, -0.2) is 26.5 Å². The number of amides is 2. The van der Waals surface area contributed by atoms with Crippen LogP contribution in [0.4, 0.5) is 5.69 Å². The van der Waals surface area contributed by atoms with Crippen molar-refractivity contribution in [3.63, 3.8) is 0 Å². The van der Waals surface area contributed by atoms with E-state index in [0.29, 0.717) is 5.76 Å². The first kappa shape index (κ1) is 20.6. The van der Waals surface area contributed by atoms with Gasteiger partial charge in [0, 0.05) is 6.26 Å². The molecule has 2 aromatic carbocycles. The molecular formula is C20H17ClN2O5S. The lowest BCUT2D eigenvalue weighted by Gasteiger charge is -2.12. The van der Waals surface area contributed by atoms with Crippen LogP contribution in [-0.2, 0) is 16.4 Å². The standard InChI is InChI=1S/C20H17ClN2O5S/c1-29(26,27)14-8-9-17(21)16(11-14)20(25)23-18-7-3-2-6-15(18)19(24)22-12-13-5-4-10-28-13/h2-11H,12H2,1H3,(H,22,24)(H,23,25). The fourth-order valence-corrected chi connectivity index (χ4v) is 3.42. The van der Waals surface area contributed by atoms with Gasteiger partial charge in [-0.1, -0.05) is 23.7 Å². The number of benzene rings is 2. The fourth-order valence-electron chi connectivity index (χ4n) is 2.56. The average Bonchev–Trinajstić information content (AvgIpc) is 3.19. The highest BCUT2D eigenvalue weighted by atomic mass is 35.5. The number of anilines is 1. The van der Waals surface area contributed by atoms with Gasteiger partial charge in [0.15, 0.2) is 9.84 Å². The van der Waals surface area contributed by atoms with Crippen LogP contribution in [0.2, 0.25) is 5.02 Å². The van der Waals surface area contributed by atoms with Gasteiger partial charge in [-0.05, 0) is 42.5 Å². The quantitative estimate of drug-likeness (QED) is 0.620. The number of sulfone groups is 1. The Labute approximate surface area is 172 Å². The predicted octanol–water partition coefficient (Wildman–Crippen LogP) is 3.52. The third-order valence-electron chi connectivity index (χ3n) is 4.03. The molecule has 2 amide bonds. The van der Waals surface area contributed by atoms with E-state index < -0.39 is 21.7 Å². The van der Waals surface area contributed by atoms with Crippen molar-refractivity contribution in [2.45, 2.75) is 11.4 Å². The minimum atomic E-state index is -3.51. The van der Waals surface area contributed by atoms with Crippen molar-refractivity contribution in [1.29, 1.82) is 0 Å². The van der Waals surface area contributed by atoms with E-state index in [0.717, 1.165) is 6.26 Å². The zero-order valence-electron chi connectivity index (χ0n) is 15.3. The Bertz CT molecular complexity index is 1160. The second-order valence-electron chi connectivity index (χ2n) is 6.18. The van der Waals surface area contributed by atoms with Gasteiger partial charge in [0.25, 0.3) is 11.8 Å². The summed E-state index contributed by atoms with van der Waals surface area (Å²) in [7, 11) is -3.51. The first-order chi connectivity index (χ1) is 13.8. The summed E-state index contributed by atoms with van der Waals surface area (Å²) in [6.45, 7) is 0.191. The van der Waals surface area contributed by atoms with E-state index in [9.17, 15) is 18.0 Å². The lowest BCUT2D eigenvalue weighted by atomic mass is 10.1. The van der Waals surface area contributed by atoms with Gasteiger partial charge in [-0.2, -0.15) is 0 Å². The molecule has 0 aliphatic heterocycles. The smallest absolute Gasteiger partial charge is 0.257 e. The van der Waals surface area contributed by atoms with Gasteiger partial charge >= 0.3 is 0 Å². The summed E-state index contributed by atoms with van der Waals surface area (Å²) in [4.78, 5) is 25.2. The molecule has 0 bridgehead atoms. The van der Waals surface area contributed by atoms with Gasteiger partial charge in [0.1, 0.15) is 5.76 Å². The molecule has 150 valence electrons. The van der Waals surface area contributed by atoms with Gasteiger partial charge in [-0.25, -0.2) is 8.42 Å². The Morgan fingerprint density at radius 2 is 1.76 bits per heavy atom. The van der Waals surface area contributed by atoms with Crippen LogP contribution in [0.15, 0.2) is 70.2 Å². The molecule has 1 aromatic heterocycles. The van der Waals surface area contributed by atoms with Crippen molar-refractivity contribution in [1.82, 2.24) is 5.32 Å². The Hall–Kier alpha value is -3.10. The van der Waals surface area contributed by atoms with Crippen LogP contribution in [0.1, 0.15) is 26.5 Å². The Morgan fingerprint density at radius 3 is 2.45 bits per heavy atom. The lowest BCUT2D eigenvalue weighted by molar-refractivity contribution is 0.0949. The van der Waals surface area contributed by atoms with Gasteiger partial charge < -0.3 is 15.1 Å². The first-order valence-electron chi connectivity index (χ1n) is 8.46. The van der Waals surface area contributed by atoms with E-state index in [1.54, 1.807) is 36.4 Å². The molecule has 0 fully saturated rings. The van der Waals surface area contributed by atoms with Crippen molar-refractivity contribution < 1.29 is 22.4 Å². The highest BCUT2D eigenvalue weighted by Gasteiger charge is 2.18. The van der Waals surface area contributed by atoms with Crippen LogP contribution in [0.3, 0.4) is 0 Å². The van der Waals surface area contributed by atoms with E-state index in [1.807, 2.05) is 0 Å². The second kappa shape index (κ2) is 8.50. The largest absolute Gasteiger partial charge is 0.467 e. The molecule has 3 rings (SSSR count). The number of para-hydroxylation sites is 1. The zero-order chi connectivity index (χ0) is 21.0. The maximum atomic E-state index is 12.7.